The van der Waals surface area contributed by atoms with Crippen molar-refractivity contribution in [1.82, 2.24) is 4.72 Å². The molecule has 0 heterocycles. The number of anilines is 1. The predicted molar refractivity (Wildman–Crippen MR) is 103 cm³/mol. The van der Waals surface area contributed by atoms with Crippen LogP contribution in [0.1, 0.15) is 6.92 Å². The molecule has 26 heavy (non-hydrogen) atoms. The van der Waals surface area contributed by atoms with E-state index in [4.69, 9.17) is 39.5 Å². The van der Waals surface area contributed by atoms with Gasteiger partial charge in [-0.05, 0) is 43.3 Å². The monoisotopic (exact) mass is 436 g/mol. The van der Waals surface area contributed by atoms with Crippen LogP contribution in [0.4, 0.5) is 5.69 Å². The van der Waals surface area contributed by atoms with Gasteiger partial charge in [0.2, 0.25) is 15.9 Å². The van der Waals surface area contributed by atoms with E-state index in [1.165, 1.54) is 44.4 Å². The number of methoxy groups -OCH3 is 1. The lowest BCUT2D eigenvalue weighted by molar-refractivity contribution is -0.117. The highest BCUT2D eigenvalue weighted by atomic mass is 35.5. The van der Waals surface area contributed by atoms with Crippen LogP contribution >= 0.6 is 34.8 Å². The van der Waals surface area contributed by atoms with E-state index in [1.807, 2.05) is 0 Å². The Morgan fingerprint density at radius 2 is 1.77 bits per heavy atom. The van der Waals surface area contributed by atoms with Crippen molar-refractivity contribution in [2.45, 2.75) is 17.9 Å². The minimum absolute atomic E-state index is 0.0938. The molecule has 0 aliphatic rings. The number of hydrogen-bond donors (Lipinski definition) is 2. The van der Waals surface area contributed by atoms with Crippen LogP contribution < -0.4 is 14.8 Å². The number of carbonyl (C=O) groups excluding carboxylic acids is 1. The van der Waals surface area contributed by atoms with Crippen molar-refractivity contribution in [3.63, 3.8) is 0 Å². The fraction of sp³-hybridized carbons (Fsp3) is 0.188. The topological polar surface area (TPSA) is 84.5 Å². The quantitative estimate of drug-likeness (QED) is 0.716. The lowest BCUT2D eigenvalue weighted by Crippen LogP contribution is -2.41. The summed E-state index contributed by atoms with van der Waals surface area (Å²) in [6.07, 6.45) is 0. The van der Waals surface area contributed by atoms with Crippen LogP contribution in [0.2, 0.25) is 15.1 Å². The molecule has 0 unspecified atom stereocenters. The number of nitrogens with one attached hydrogen (secondary N) is 2. The Morgan fingerprint density at radius 1 is 1.08 bits per heavy atom. The summed E-state index contributed by atoms with van der Waals surface area (Å²) in [4.78, 5) is 12.2. The molecule has 0 aliphatic carbocycles. The molecule has 0 radical (unpaired) electrons. The number of sulfonamides is 1. The first kappa shape index (κ1) is 20.8. The lowest BCUT2D eigenvalue weighted by Gasteiger charge is -2.15. The van der Waals surface area contributed by atoms with Crippen molar-refractivity contribution in [3.05, 3.63) is 51.5 Å². The first-order valence-corrected chi connectivity index (χ1v) is 9.87. The molecule has 2 aromatic rings. The van der Waals surface area contributed by atoms with Gasteiger partial charge in [0, 0.05) is 5.02 Å². The molecule has 2 aromatic carbocycles. The smallest absolute Gasteiger partial charge is 0.242 e. The average molecular weight is 438 g/mol. The number of rotatable bonds is 6. The maximum Gasteiger partial charge on any atom is 0.242 e. The Bertz CT molecular complexity index is 935. The van der Waals surface area contributed by atoms with Crippen LogP contribution in [0.3, 0.4) is 0 Å². The molecule has 1 atom stereocenters. The van der Waals surface area contributed by atoms with Crippen LogP contribution in [-0.2, 0) is 14.8 Å². The zero-order valence-corrected chi connectivity index (χ0v) is 16.8. The molecule has 0 aliphatic heterocycles. The highest BCUT2D eigenvalue weighted by molar-refractivity contribution is 7.89. The molecule has 10 heteroatoms. The van der Waals surface area contributed by atoms with E-state index in [2.05, 4.69) is 10.0 Å². The third-order valence-electron chi connectivity index (χ3n) is 3.35. The standard InChI is InChI=1S/C16H15Cl3N2O4S/c1-9(16(22)20-14-7-10(17)3-5-12(14)18)21-26(23,24)11-4-6-15(25-2)13(19)8-11/h3-9,21H,1-2H3,(H,20,22)/t9-/m1/s1. The highest BCUT2D eigenvalue weighted by Crippen LogP contribution is 2.27. The zero-order chi connectivity index (χ0) is 19.5. The normalized spacial score (nSPS) is 12.5. The molecule has 2 rings (SSSR count). The number of benzene rings is 2. The molecule has 0 spiro atoms. The Kier molecular flexibility index (Phi) is 6.76. The third kappa shape index (κ3) is 5.02. The van der Waals surface area contributed by atoms with E-state index in [1.54, 1.807) is 6.07 Å². The molecule has 2 N–H and O–H groups in total. The van der Waals surface area contributed by atoms with Gasteiger partial charge in [-0.1, -0.05) is 34.8 Å². The highest BCUT2D eigenvalue weighted by Gasteiger charge is 2.23. The van der Waals surface area contributed by atoms with Crippen LogP contribution in [0.5, 0.6) is 5.75 Å². The van der Waals surface area contributed by atoms with Gasteiger partial charge in [0.05, 0.1) is 33.8 Å². The van der Waals surface area contributed by atoms with E-state index in [-0.39, 0.29) is 20.6 Å². The maximum absolute atomic E-state index is 12.4. The SMILES string of the molecule is COc1ccc(S(=O)(=O)N[C@H](C)C(=O)Nc2cc(Cl)ccc2Cl)cc1Cl. The molecule has 0 saturated heterocycles. The molecular weight excluding hydrogens is 423 g/mol. The molecule has 0 bridgehead atoms. The van der Waals surface area contributed by atoms with E-state index < -0.39 is 22.0 Å². The van der Waals surface area contributed by atoms with Gasteiger partial charge in [0.1, 0.15) is 5.75 Å². The second-order valence-electron chi connectivity index (χ2n) is 5.25. The predicted octanol–water partition coefficient (Wildman–Crippen LogP) is 3.96. The molecule has 0 saturated carbocycles. The minimum Gasteiger partial charge on any atom is -0.495 e. The van der Waals surface area contributed by atoms with Gasteiger partial charge in [0.25, 0.3) is 0 Å². The maximum atomic E-state index is 12.4. The fourth-order valence-corrected chi connectivity index (χ4v) is 3.89. The summed E-state index contributed by atoms with van der Waals surface area (Å²) in [5, 5.41) is 3.32. The molecule has 140 valence electrons. The molecule has 6 nitrogen and oxygen atoms in total. The lowest BCUT2D eigenvalue weighted by atomic mass is 10.3. The number of ether oxygens (including phenoxy) is 1. The first-order valence-electron chi connectivity index (χ1n) is 7.26. The summed E-state index contributed by atoms with van der Waals surface area (Å²) < 4.78 is 32.1. The Labute approximate surface area is 166 Å². The Hall–Kier alpha value is -1.51. The summed E-state index contributed by atoms with van der Waals surface area (Å²) in [6.45, 7) is 1.40. The van der Waals surface area contributed by atoms with E-state index in [0.29, 0.717) is 10.8 Å². The van der Waals surface area contributed by atoms with E-state index in [0.717, 1.165) is 0 Å². The number of halogens is 3. The summed E-state index contributed by atoms with van der Waals surface area (Å²) in [6, 6.07) is 7.47. The summed E-state index contributed by atoms with van der Waals surface area (Å²) >= 11 is 17.8. The number of carbonyl (C=O) groups is 1. The van der Waals surface area contributed by atoms with Crippen LogP contribution in [0.15, 0.2) is 41.3 Å². The second-order valence-corrected chi connectivity index (χ2v) is 8.22. The average Bonchev–Trinajstić information content (AvgIpc) is 2.57. The molecule has 1 amide bonds. The van der Waals surface area contributed by atoms with Gasteiger partial charge in [-0.15, -0.1) is 0 Å². The van der Waals surface area contributed by atoms with Crippen LogP contribution in [0.25, 0.3) is 0 Å². The van der Waals surface area contributed by atoms with E-state index >= 15 is 0 Å². The van der Waals surface area contributed by atoms with Gasteiger partial charge >= 0.3 is 0 Å². The van der Waals surface area contributed by atoms with Crippen LogP contribution in [-0.4, -0.2) is 27.5 Å². The Balaban J connectivity index is 2.14. The van der Waals surface area contributed by atoms with Crippen molar-refractivity contribution >= 4 is 56.4 Å². The van der Waals surface area contributed by atoms with Gasteiger partial charge in [0.15, 0.2) is 0 Å². The first-order chi connectivity index (χ1) is 12.1. The van der Waals surface area contributed by atoms with E-state index in [9.17, 15) is 13.2 Å². The van der Waals surface area contributed by atoms with Crippen molar-refractivity contribution in [2.75, 3.05) is 12.4 Å². The van der Waals surface area contributed by atoms with Crippen molar-refractivity contribution in [2.24, 2.45) is 0 Å². The largest absolute Gasteiger partial charge is 0.495 e. The summed E-state index contributed by atoms with van der Waals surface area (Å²) in [7, 11) is -2.55. The van der Waals surface area contributed by atoms with Gasteiger partial charge in [-0.25, -0.2) is 8.42 Å². The summed E-state index contributed by atoms with van der Waals surface area (Å²) in [5.41, 5.74) is 0.280. The number of amides is 1. The number of hydrogen-bond acceptors (Lipinski definition) is 4. The molecule has 0 fully saturated rings. The van der Waals surface area contributed by atoms with Gasteiger partial charge in [-0.2, -0.15) is 4.72 Å². The van der Waals surface area contributed by atoms with Crippen LogP contribution in [0, 0.1) is 0 Å². The second kappa shape index (κ2) is 8.45. The molecular formula is C16H15Cl3N2O4S. The summed E-state index contributed by atoms with van der Waals surface area (Å²) in [5.74, 6) is -0.260. The fourth-order valence-electron chi connectivity index (χ4n) is 2.00. The Morgan fingerprint density at radius 3 is 2.38 bits per heavy atom. The van der Waals surface area contributed by atoms with Gasteiger partial charge in [-0.3, -0.25) is 4.79 Å². The van der Waals surface area contributed by atoms with Crippen molar-refractivity contribution < 1.29 is 17.9 Å². The zero-order valence-electron chi connectivity index (χ0n) is 13.7. The molecule has 0 aromatic heterocycles. The van der Waals surface area contributed by atoms with Crippen molar-refractivity contribution in [1.29, 1.82) is 0 Å². The van der Waals surface area contributed by atoms with Gasteiger partial charge < -0.3 is 10.1 Å². The van der Waals surface area contributed by atoms with Crippen molar-refractivity contribution in [3.8, 4) is 5.75 Å². The third-order valence-corrected chi connectivity index (χ3v) is 5.74. The minimum atomic E-state index is -3.97.